The zero-order valence-electron chi connectivity index (χ0n) is 13.5. The van der Waals surface area contributed by atoms with Crippen LogP contribution in [0.4, 0.5) is 0 Å². The molecule has 1 aromatic rings. The van der Waals surface area contributed by atoms with Crippen molar-refractivity contribution >= 4 is 0 Å². The average molecular weight is 292 g/mol. The third kappa shape index (κ3) is 4.35. The van der Waals surface area contributed by atoms with Gasteiger partial charge in [0.25, 0.3) is 0 Å². The van der Waals surface area contributed by atoms with Gasteiger partial charge in [-0.05, 0) is 43.8 Å². The molecule has 1 aliphatic rings. The summed E-state index contributed by atoms with van der Waals surface area (Å²) in [6.07, 6.45) is 1.19. The summed E-state index contributed by atoms with van der Waals surface area (Å²) in [6.45, 7) is 12.1. The molecule has 21 heavy (non-hydrogen) atoms. The zero-order valence-corrected chi connectivity index (χ0v) is 13.5. The predicted octanol–water partition coefficient (Wildman–Crippen LogP) is 2.84. The summed E-state index contributed by atoms with van der Waals surface area (Å²) in [5.41, 5.74) is 1.27. The van der Waals surface area contributed by atoms with Crippen LogP contribution in [0.1, 0.15) is 38.8 Å². The van der Waals surface area contributed by atoms with Gasteiger partial charge < -0.3 is 19.7 Å². The normalized spacial score (nSPS) is 15.2. The zero-order chi connectivity index (χ0) is 15.1. The van der Waals surface area contributed by atoms with Crippen molar-refractivity contribution in [3.63, 3.8) is 0 Å². The van der Waals surface area contributed by atoms with Crippen LogP contribution in [0.3, 0.4) is 0 Å². The lowest BCUT2D eigenvalue weighted by Gasteiger charge is -2.28. The number of benzene rings is 1. The van der Waals surface area contributed by atoms with Crippen molar-refractivity contribution in [1.82, 2.24) is 10.2 Å². The molecular formula is C17H28N2O2. The summed E-state index contributed by atoms with van der Waals surface area (Å²) in [6, 6.07) is 6.64. The first-order valence-electron chi connectivity index (χ1n) is 8.13. The number of hydrogen-bond acceptors (Lipinski definition) is 4. The van der Waals surface area contributed by atoms with Crippen molar-refractivity contribution in [2.75, 3.05) is 39.4 Å². The maximum absolute atomic E-state index is 5.70. The van der Waals surface area contributed by atoms with Gasteiger partial charge in [0.05, 0.1) is 0 Å². The minimum absolute atomic E-state index is 0.331. The second-order valence-corrected chi connectivity index (χ2v) is 5.41. The van der Waals surface area contributed by atoms with E-state index in [1.165, 1.54) is 12.0 Å². The first-order valence-corrected chi connectivity index (χ1v) is 8.13. The highest BCUT2D eigenvalue weighted by Crippen LogP contribution is 2.32. The van der Waals surface area contributed by atoms with Crippen LogP contribution in [0, 0.1) is 0 Å². The molecule has 1 N–H and O–H groups in total. The number of nitrogens with one attached hydrogen (secondary N) is 1. The molecule has 1 atom stereocenters. The maximum Gasteiger partial charge on any atom is 0.161 e. The van der Waals surface area contributed by atoms with E-state index in [0.29, 0.717) is 19.3 Å². The van der Waals surface area contributed by atoms with Crippen LogP contribution >= 0.6 is 0 Å². The third-order valence-electron chi connectivity index (χ3n) is 3.85. The van der Waals surface area contributed by atoms with Gasteiger partial charge in [0.15, 0.2) is 11.5 Å². The Kier molecular flexibility index (Phi) is 6.33. The van der Waals surface area contributed by atoms with Gasteiger partial charge in [0.1, 0.15) is 13.2 Å². The molecule has 0 fully saturated rings. The van der Waals surface area contributed by atoms with E-state index in [-0.39, 0.29) is 0 Å². The molecule has 4 heteroatoms. The smallest absolute Gasteiger partial charge is 0.161 e. The number of rotatable bonds is 8. The molecule has 0 radical (unpaired) electrons. The summed E-state index contributed by atoms with van der Waals surface area (Å²) in [4.78, 5) is 2.49. The summed E-state index contributed by atoms with van der Waals surface area (Å²) in [7, 11) is 0. The van der Waals surface area contributed by atoms with Crippen molar-refractivity contribution < 1.29 is 9.47 Å². The van der Waals surface area contributed by atoms with E-state index in [4.69, 9.17) is 9.47 Å². The monoisotopic (exact) mass is 292 g/mol. The molecule has 0 aliphatic carbocycles. The van der Waals surface area contributed by atoms with Crippen LogP contribution in [0.25, 0.3) is 0 Å². The highest BCUT2D eigenvalue weighted by atomic mass is 16.6. The predicted molar refractivity (Wildman–Crippen MR) is 86.3 cm³/mol. The second-order valence-electron chi connectivity index (χ2n) is 5.41. The fourth-order valence-electron chi connectivity index (χ4n) is 2.76. The van der Waals surface area contributed by atoms with Gasteiger partial charge in [-0.15, -0.1) is 0 Å². The summed E-state index contributed by atoms with van der Waals surface area (Å²) in [5, 5.41) is 3.59. The van der Waals surface area contributed by atoms with Gasteiger partial charge in [-0.25, -0.2) is 0 Å². The fourth-order valence-corrected chi connectivity index (χ4v) is 2.76. The second kappa shape index (κ2) is 8.25. The summed E-state index contributed by atoms with van der Waals surface area (Å²) in [5.74, 6) is 1.74. The third-order valence-corrected chi connectivity index (χ3v) is 3.85. The molecule has 0 amide bonds. The van der Waals surface area contributed by atoms with Crippen LogP contribution in [-0.4, -0.2) is 44.3 Å². The Hall–Kier alpha value is -1.26. The molecule has 118 valence electrons. The number of fused-ring (bicyclic) bond motifs is 1. The lowest BCUT2D eigenvalue weighted by molar-refractivity contribution is 0.171. The molecule has 0 saturated carbocycles. The Bertz CT molecular complexity index is 437. The molecule has 4 nitrogen and oxygen atoms in total. The Morgan fingerprint density at radius 1 is 1.14 bits per heavy atom. The van der Waals surface area contributed by atoms with Crippen LogP contribution < -0.4 is 14.8 Å². The van der Waals surface area contributed by atoms with Crippen molar-refractivity contribution in [2.45, 2.75) is 33.2 Å². The number of nitrogens with zero attached hydrogens (tertiary/aromatic N) is 1. The molecule has 1 aromatic carbocycles. The van der Waals surface area contributed by atoms with Gasteiger partial charge in [0, 0.05) is 12.6 Å². The van der Waals surface area contributed by atoms with Gasteiger partial charge in [-0.2, -0.15) is 0 Å². The summed E-state index contributed by atoms with van der Waals surface area (Å²) >= 11 is 0. The van der Waals surface area contributed by atoms with E-state index in [9.17, 15) is 0 Å². The number of ether oxygens (including phenoxy) is 2. The first-order chi connectivity index (χ1) is 10.3. The van der Waals surface area contributed by atoms with Crippen molar-refractivity contribution in [3.05, 3.63) is 23.8 Å². The minimum atomic E-state index is 0.331. The van der Waals surface area contributed by atoms with Crippen LogP contribution in [-0.2, 0) is 0 Å². The van der Waals surface area contributed by atoms with E-state index in [1.807, 2.05) is 6.07 Å². The topological polar surface area (TPSA) is 33.7 Å². The molecule has 0 spiro atoms. The van der Waals surface area contributed by atoms with Crippen LogP contribution in [0.15, 0.2) is 18.2 Å². The van der Waals surface area contributed by atoms with Crippen LogP contribution in [0.5, 0.6) is 11.5 Å². The Morgan fingerprint density at radius 3 is 2.57 bits per heavy atom. The molecule has 0 bridgehead atoms. The highest BCUT2D eigenvalue weighted by Gasteiger charge is 2.18. The molecule has 2 rings (SSSR count). The van der Waals surface area contributed by atoms with Crippen LogP contribution in [0.2, 0.25) is 0 Å². The van der Waals surface area contributed by atoms with E-state index in [0.717, 1.165) is 37.7 Å². The number of hydrogen-bond donors (Lipinski definition) is 1. The average Bonchev–Trinajstić information content (AvgIpc) is 2.53. The Labute approximate surface area is 128 Å². The first kappa shape index (κ1) is 16.1. The van der Waals surface area contributed by atoms with E-state index >= 15 is 0 Å². The maximum atomic E-state index is 5.70. The van der Waals surface area contributed by atoms with Gasteiger partial charge in [0.2, 0.25) is 0 Å². The molecular weight excluding hydrogens is 264 g/mol. The van der Waals surface area contributed by atoms with Gasteiger partial charge in [-0.3, -0.25) is 0 Å². The lowest BCUT2D eigenvalue weighted by Crippen LogP contribution is -2.35. The number of likely N-dealkylation sites (N-methyl/N-ethyl adjacent to an activating group) is 2. The van der Waals surface area contributed by atoms with Crippen molar-refractivity contribution in [2.24, 2.45) is 0 Å². The largest absolute Gasteiger partial charge is 0.486 e. The quantitative estimate of drug-likeness (QED) is 0.799. The van der Waals surface area contributed by atoms with Gasteiger partial charge >= 0.3 is 0 Å². The van der Waals surface area contributed by atoms with E-state index in [1.54, 1.807) is 0 Å². The Balaban J connectivity index is 2.13. The minimum Gasteiger partial charge on any atom is -0.486 e. The van der Waals surface area contributed by atoms with E-state index < -0.39 is 0 Å². The fraction of sp³-hybridized carbons (Fsp3) is 0.647. The molecule has 1 unspecified atom stereocenters. The standard InChI is InChI=1S/C17H28N2O2/c1-4-9-19(6-3)13-15(18-5-2)14-7-8-16-17(12-14)21-11-10-20-16/h7-8,12,15,18H,4-6,9-11,13H2,1-3H3. The molecule has 1 heterocycles. The van der Waals surface area contributed by atoms with Crippen molar-refractivity contribution in [1.29, 1.82) is 0 Å². The SMILES string of the molecule is CCCN(CC)CC(NCC)c1ccc2c(c1)OCCO2. The molecule has 0 saturated heterocycles. The molecule has 1 aliphatic heterocycles. The lowest BCUT2D eigenvalue weighted by atomic mass is 10.0. The highest BCUT2D eigenvalue weighted by molar-refractivity contribution is 5.44. The Morgan fingerprint density at radius 2 is 1.90 bits per heavy atom. The summed E-state index contributed by atoms with van der Waals surface area (Å²) < 4.78 is 11.3. The van der Waals surface area contributed by atoms with Crippen molar-refractivity contribution in [3.8, 4) is 11.5 Å². The molecule has 0 aromatic heterocycles. The van der Waals surface area contributed by atoms with Gasteiger partial charge in [-0.1, -0.05) is 26.8 Å². The van der Waals surface area contributed by atoms with E-state index in [2.05, 4.69) is 43.1 Å².